The quantitative estimate of drug-likeness (QED) is 0.896. The van der Waals surface area contributed by atoms with Crippen molar-refractivity contribution in [2.75, 3.05) is 26.2 Å². The van der Waals surface area contributed by atoms with Crippen LogP contribution >= 0.6 is 0 Å². The molecule has 2 aliphatic heterocycles. The molecule has 126 valence electrons. The van der Waals surface area contributed by atoms with Gasteiger partial charge >= 0.3 is 0 Å². The van der Waals surface area contributed by atoms with Crippen LogP contribution < -0.4 is 5.32 Å². The molecule has 0 bridgehead atoms. The van der Waals surface area contributed by atoms with E-state index in [1.54, 1.807) is 4.68 Å². The Morgan fingerprint density at radius 2 is 2.17 bits per heavy atom. The largest absolute Gasteiger partial charge is 0.373 e. The number of nitrogens with zero attached hydrogens (tertiary/aromatic N) is 4. The zero-order chi connectivity index (χ0) is 16.5. The van der Waals surface area contributed by atoms with E-state index >= 15 is 0 Å². The smallest absolute Gasteiger partial charge is 0.294 e. The molecule has 0 radical (unpaired) electrons. The summed E-state index contributed by atoms with van der Waals surface area (Å²) in [6.07, 6.45) is 0.788. The van der Waals surface area contributed by atoms with Crippen molar-refractivity contribution in [3.05, 3.63) is 42.0 Å². The third kappa shape index (κ3) is 2.59. The summed E-state index contributed by atoms with van der Waals surface area (Å²) in [6.45, 7) is 4.72. The number of hydrogen-bond donors (Lipinski definition) is 1. The fraction of sp³-hybridized carbons (Fsp3) is 0.471. The van der Waals surface area contributed by atoms with Gasteiger partial charge in [0.15, 0.2) is 0 Å². The van der Waals surface area contributed by atoms with E-state index in [2.05, 4.69) is 15.4 Å². The molecule has 2 fully saturated rings. The van der Waals surface area contributed by atoms with E-state index in [1.807, 2.05) is 42.2 Å². The molecule has 4 rings (SSSR count). The van der Waals surface area contributed by atoms with Crippen LogP contribution in [-0.4, -0.2) is 64.0 Å². The van der Waals surface area contributed by atoms with Crippen LogP contribution in [0.5, 0.6) is 0 Å². The van der Waals surface area contributed by atoms with E-state index in [0.29, 0.717) is 19.6 Å². The summed E-state index contributed by atoms with van der Waals surface area (Å²) in [5.41, 5.74) is 0.920. The molecule has 1 N–H and O–H groups in total. The van der Waals surface area contributed by atoms with E-state index in [1.165, 1.54) is 0 Å². The molecule has 1 aromatic carbocycles. The number of morpholine rings is 1. The van der Waals surface area contributed by atoms with Gasteiger partial charge in [-0.25, -0.2) is 9.67 Å². The minimum atomic E-state index is -0.110. The standard InChI is InChI=1S/C17H21N5O2/c1-2-15-19-16(20-22(15)12-6-4-3-5-7-12)17(23)21-8-9-24-14-11-18-10-13(14)21/h3-7,13-14,18H,2,8-11H2,1H3/t13-,14+/m1/s1. The van der Waals surface area contributed by atoms with Crippen molar-refractivity contribution in [3.63, 3.8) is 0 Å². The maximum Gasteiger partial charge on any atom is 0.294 e. The van der Waals surface area contributed by atoms with Crippen molar-refractivity contribution in [1.82, 2.24) is 25.0 Å². The van der Waals surface area contributed by atoms with Gasteiger partial charge in [0, 0.05) is 26.1 Å². The first kappa shape index (κ1) is 15.3. The normalized spacial score (nSPS) is 23.3. The first-order chi connectivity index (χ1) is 11.8. The highest BCUT2D eigenvalue weighted by Gasteiger charge is 2.39. The average Bonchev–Trinajstić information content (AvgIpc) is 3.28. The van der Waals surface area contributed by atoms with Crippen LogP contribution in [0.2, 0.25) is 0 Å². The van der Waals surface area contributed by atoms with Crippen LogP contribution in [0.15, 0.2) is 30.3 Å². The van der Waals surface area contributed by atoms with Crippen LogP contribution in [0.1, 0.15) is 23.4 Å². The first-order valence-electron chi connectivity index (χ1n) is 8.42. The fourth-order valence-electron chi connectivity index (χ4n) is 3.41. The second-order valence-electron chi connectivity index (χ2n) is 6.09. The molecule has 0 aliphatic carbocycles. The van der Waals surface area contributed by atoms with Crippen molar-refractivity contribution in [3.8, 4) is 5.69 Å². The molecule has 24 heavy (non-hydrogen) atoms. The summed E-state index contributed by atoms with van der Waals surface area (Å²) in [5.74, 6) is 0.948. The highest BCUT2D eigenvalue weighted by Crippen LogP contribution is 2.20. The van der Waals surface area contributed by atoms with Gasteiger partial charge in [0.25, 0.3) is 5.91 Å². The van der Waals surface area contributed by atoms with E-state index < -0.39 is 0 Å². The van der Waals surface area contributed by atoms with Gasteiger partial charge in [-0.2, -0.15) is 0 Å². The molecule has 2 aliphatic rings. The number of rotatable bonds is 3. The maximum atomic E-state index is 13.0. The Balaban J connectivity index is 1.64. The highest BCUT2D eigenvalue weighted by molar-refractivity contribution is 5.91. The molecule has 7 nitrogen and oxygen atoms in total. The predicted octanol–water partition coefficient (Wildman–Crippen LogP) is 0.643. The number of benzene rings is 1. The number of amides is 1. The Kier molecular flexibility index (Phi) is 4.03. The number of aromatic nitrogens is 3. The lowest BCUT2D eigenvalue weighted by molar-refractivity contribution is -0.0368. The van der Waals surface area contributed by atoms with Gasteiger partial charge in [0.1, 0.15) is 5.82 Å². The van der Waals surface area contributed by atoms with Crippen molar-refractivity contribution in [2.24, 2.45) is 0 Å². The molecule has 2 atom stereocenters. The topological polar surface area (TPSA) is 72.3 Å². The summed E-state index contributed by atoms with van der Waals surface area (Å²) in [4.78, 5) is 19.3. The summed E-state index contributed by atoms with van der Waals surface area (Å²) >= 11 is 0. The molecular formula is C17H21N5O2. The molecule has 2 aromatic rings. The molecule has 7 heteroatoms. The Hall–Kier alpha value is -2.25. The Labute approximate surface area is 140 Å². The van der Waals surface area contributed by atoms with Crippen LogP contribution in [0.4, 0.5) is 0 Å². The minimum Gasteiger partial charge on any atom is -0.373 e. The van der Waals surface area contributed by atoms with E-state index in [0.717, 1.165) is 24.6 Å². The van der Waals surface area contributed by atoms with Gasteiger partial charge < -0.3 is 15.0 Å². The van der Waals surface area contributed by atoms with Gasteiger partial charge in [-0.15, -0.1) is 5.10 Å². The summed E-state index contributed by atoms with van der Waals surface area (Å²) in [7, 11) is 0. The highest BCUT2D eigenvalue weighted by atomic mass is 16.5. The first-order valence-corrected chi connectivity index (χ1v) is 8.42. The zero-order valence-corrected chi connectivity index (χ0v) is 13.7. The van der Waals surface area contributed by atoms with Crippen molar-refractivity contribution in [2.45, 2.75) is 25.5 Å². The average molecular weight is 327 g/mol. The lowest BCUT2D eigenvalue weighted by Gasteiger charge is -2.36. The van der Waals surface area contributed by atoms with Crippen molar-refractivity contribution >= 4 is 5.91 Å². The Morgan fingerprint density at radius 1 is 1.33 bits per heavy atom. The zero-order valence-electron chi connectivity index (χ0n) is 13.7. The summed E-state index contributed by atoms with van der Waals surface area (Å²) in [5, 5.41) is 7.78. The van der Waals surface area contributed by atoms with Crippen LogP contribution in [0.25, 0.3) is 5.69 Å². The van der Waals surface area contributed by atoms with Gasteiger partial charge in [0.05, 0.1) is 24.4 Å². The molecule has 0 saturated carbocycles. The van der Waals surface area contributed by atoms with Crippen LogP contribution in [0, 0.1) is 0 Å². The SMILES string of the molecule is CCc1nc(C(=O)N2CCO[C@H]3CNC[C@H]32)nn1-c1ccccc1. The number of aryl methyl sites for hydroxylation is 1. The van der Waals surface area contributed by atoms with Crippen LogP contribution in [-0.2, 0) is 11.2 Å². The third-order valence-corrected chi connectivity index (χ3v) is 4.64. The molecular weight excluding hydrogens is 306 g/mol. The number of ether oxygens (including phenoxy) is 1. The molecule has 0 spiro atoms. The molecule has 1 amide bonds. The lowest BCUT2D eigenvalue weighted by atomic mass is 10.1. The molecule has 2 saturated heterocycles. The second-order valence-corrected chi connectivity index (χ2v) is 6.09. The van der Waals surface area contributed by atoms with Gasteiger partial charge in [-0.3, -0.25) is 4.79 Å². The number of para-hydroxylation sites is 1. The summed E-state index contributed by atoms with van der Waals surface area (Å²) < 4.78 is 7.50. The predicted molar refractivity (Wildman–Crippen MR) is 88.2 cm³/mol. The summed E-state index contributed by atoms with van der Waals surface area (Å²) in [6, 6.07) is 9.87. The third-order valence-electron chi connectivity index (χ3n) is 4.64. The van der Waals surface area contributed by atoms with Gasteiger partial charge in [0.2, 0.25) is 5.82 Å². The van der Waals surface area contributed by atoms with Crippen molar-refractivity contribution in [1.29, 1.82) is 0 Å². The number of fused-ring (bicyclic) bond motifs is 1. The van der Waals surface area contributed by atoms with Crippen molar-refractivity contribution < 1.29 is 9.53 Å². The number of carbonyl (C=O) groups excluding carboxylic acids is 1. The van der Waals surface area contributed by atoms with Gasteiger partial charge in [-0.05, 0) is 12.1 Å². The number of nitrogens with one attached hydrogen (secondary N) is 1. The second kappa shape index (κ2) is 6.33. The number of hydrogen-bond acceptors (Lipinski definition) is 5. The molecule has 3 heterocycles. The minimum absolute atomic E-state index is 0.0694. The van der Waals surface area contributed by atoms with E-state index in [9.17, 15) is 4.79 Å². The van der Waals surface area contributed by atoms with E-state index in [4.69, 9.17) is 4.74 Å². The van der Waals surface area contributed by atoms with E-state index in [-0.39, 0.29) is 23.9 Å². The maximum absolute atomic E-state index is 13.0. The Morgan fingerprint density at radius 3 is 2.96 bits per heavy atom. The monoisotopic (exact) mass is 327 g/mol. The van der Waals surface area contributed by atoms with Crippen LogP contribution in [0.3, 0.4) is 0 Å². The van der Waals surface area contributed by atoms with Gasteiger partial charge in [-0.1, -0.05) is 25.1 Å². The molecule has 0 unspecified atom stereocenters. The number of carbonyl (C=O) groups is 1. The fourth-order valence-corrected chi connectivity index (χ4v) is 3.41. The Bertz CT molecular complexity index is 730. The molecule has 1 aromatic heterocycles. The lowest BCUT2D eigenvalue weighted by Crippen LogP contribution is -2.53.